The lowest BCUT2D eigenvalue weighted by atomic mass is 9.97. The van der Waals surface area contributed by atoms with Gasteiger partial charge in [0, 0.05) is 85.3 Å². The normalized spacial score (nSPS) is 17.3. The quantitative estimate of drug-likeness (QED) is 0.166. The molecular formula is C36H37Cl2N7O4. The number of benzene rings is 2. The van der Waals surface area contributed by atoms with Crippen LogP contribution in [0.1, 0.15) is 30.7 Å². The molecule has 11 nitrogen and oxygen atoms in total. The number of nitrogens with zero attached hydrogens (tertiary/aromatic N) is 4. The van der Waals surface area contributed by atoms with E-state index in [1.807, 2.05) is 60.8 Å². The van der Waals surface area contributed by atoms with Gasteiger partial charge in [0.25, 0.3) is 5.56 Å². The molecule has 0 spiro atoms. The number of ether oxygens (including phenoxy) is 2. The second-order valence-electron chi connectivity index (χ2n) is 12.4. The van der Waals surface area contributed by atoms with Gasteiger partial charge in [0.05, 0.1) is 35.5 Å². The largest absolute Gasteiger partial charge is 0.481 e. The molecule has 254 valence electrons. The Labute approximate surface area is 293 Å². The van der Waals surface area contributed by atoms with Crippen molar-refractivity contribution < 1.29 is 14.3 Å². The van der Waals surface area contributed by atoms with E-state index in [1.165, 1.54) is 0 Å². The Bertz CT molecular complexity index is 2090. The monoisotopic (exact) mass is 701 g/mol. The van der Waals surface area contributed by atoms with Crippen molar-refractivity contribution in [2.45, 2.75) is 44.5 Å². The van der Waals surface area contributed by atoms with Gasteiger partial charge in [-0.2, -0.15) is 5.10 Å². The number of fused-ring (bicyclic) bond motifs is 1. The number of amides is 1. The van der Waals surface area contributed by atoms with Crippen molar-refractivity contribution in [2.75, 3.05) is 26.8 Å². The second kappa shape index (κ2) is 14.3. The number of pyridine rings is 1. The Morgan fingerprint density at radius 2 is 1.67 bits per heavy atom. The van der Waals surface area contributed by atoms with E-state index in [2.05, 4.69) is 16.0 Å². The van der Waals surface area contributed by atoms with Crippen molar-refractivity contribution in [3.63, 3.8) is 0 Å². The highest BCUT2D eigenvalue weighted by atomic mass is 35.5. The number of nitrogens with one attached hydrogen (secondary N) is 3. The van der Waals surface area contributed by atoms with Crippen molar-refractivity contribution >= 4 is 34.6 Å². The van der Waals surface area contributed by atoms with Gasteiger partial charge in [-0.15, -0.1) is 0 Å². The van der Waals surface area contributed by atoms with E-state index < -0.39 is 0 Å². The molecule has 1 amide bonds. The molecule has 2 aliphatic rings. The molecule has 7 rings (SSSR count). The number of halogens is 2. The smallest absolute Gasteiger partial charge is 0.277 e. The first kappa shape index (κ1) is 33.2. The maximum absolute atomic E-state index is 13.3. The highest BCUT2D eigenvalue weighted by molar-refractivity contribution is 6.39. The zero-order chi connectivity index (χ0) is 34.1. The Morgan fingerprint density at radius 1 is 0.959 bits per heavy atom. The number of carbonyl (C=O) groups is 1. The summed E-state index contributed by atoms with van der Waals surface area (Å²) in [5.74, 6) is 1.21. The van der Waals surface area contributed by atoms with E-state index in [0.29, 0.717) is 65.6 Å². The van der Waals surface area contributed by atoms with E-state index in [9.17, 15) is 9.59 Å². The van der Waals surface area contributed by atoms with Crippen LogP contribution in [0.3, 0.4) is 0 Å². The zero-order valence-electron chi connectivity index (χ0n) is 27.3. The fourth-order valence-electron chi connectivity index (χ4n) is 6.31. The first-order valence-electron chi connectivity index (χ1n) is 16.3. The van der Waals surface area contributed by atoms with Crippen LogP contribution in [0.2, 0.25) is 10.0 Å². The summed E-state index contributed by atoms with van der Waals surface area (Å²) >= 11 is 14.2. The minimum absolute atomic E-state index is 0.0957. The molecule has 0 saturated carbocycles. The SMILES string of the molecule is COc1nc(-c2cccc(-c3cccc(-c4cc5c(=O)n(C)c(CNC[C@@H]6CCO6)nn5c4)c3Cl)c2Cl)ccc1CNC[C@@H]1CCC(=O)N1. The number of methoxy groups -OCH3 is 1. The van der Waals surface area contributed by atoms with E-state index in [1.54, 1.807) is 23.2 Å². The first-order valence-corrected chi connectivity index (χ1v) is 17.1. The number of carbonyl (C=O) groups excluding carboxylic acids is 1. The van der Waals surface area contributed by atoms with Crippen LogP contribution in [0.5, 0.6) is 5.88 Å². The van der Waals surface area contributed by atoms with Gasteiger partial charge in [-0.3, -0.25) is 14.2 Å². The molecule has 5 aromatic rings. The summed E-state index contributed by atoms with van der Waals surface area (Å²) in [6, 6.07) is 17.4. The lowest BCUT2D eigenvalue weighted by Gasteiger charge is -2.26. The summed E-state index contributed by atoms with van der Waals surface area (Å²) in [6.07, 6.45) is 4.48. The van der Waals surface area contributed by atoms with Gasteiger partial charge in [-0.25, -0.2) is 9.50 Å². The molecule has 49 heavy (non-hydrogen) atoms. The highest BCUT2D eigenvalue weighted by Crippen LogP contribution is 2.42. The molecule has 0 unspecified atom stereocenters. The maximum atomic E-state index is 13.3. The third-order valence-corrected chi connectivity index (χ3v) is 10.00. The third-order valence-electron chi connectivity index (χ3n) is 9.18. The fourth-order valence-corrected chi connectivity index (χ4v) is 6.97. The molecule has 13 heteroatoms. The topological polar surface area (TPSA) is 124 Å². The average molecular weight is 703 g/mol. The van der Waals surface area contributed by atoms with Crippen molar-refractivity contribution in [1.29, 1.82) is 0 Å². The molecule has 2 aliphatic heterocycles. The van der Waals surface area contributed by atoms with Crippen LogP contribution in [-0.2, 0) is 29.7 Å². The summed E-state index contributed by atoms with van der Waals surface area (Å²) < 4.78 is 14.3. The Kier molecular flexibility index (Phi) is 9.71. The standard InChI is InChI=1S/C36H37Cl2N7O4/c1-44-31(19-40-18-24-13-14-49-24)43-45-20-22(15-30(45)36(44)47)25-5-3-6-26(33(25)37)27-7-4-8-28(34(27)38)29-11-9-21(35(42-29)48-2)16-39-17-23-10-12-32(46)41-23/h3-9,11,15,20,23-24,39-40H,10,12-14,16-19H2,1-2H3,(H,41,46)/t23-,24-/m0/s1. The molecule has 5 heterocycles. The van der Waals surface area contributed by atoms with Crippen molar-refractivity contribution in [1.82, 2.24) is 35.1 Å². The number of hydrogen-bond acceptors (Lipinski definition) is 8. The Hall–Kier alpha value is -4.26. The molecule has 3 aromatic heterocycles. The minimum atomic E-state index is -0.145. The summed E-state index contributed by atoms with van der Waals surface area (Å²) in [4.78, 5) is 29.6. The second-order valence-corrected chi connectivity index (χ2v) is 13.1. The van der Waals surface area contributed by atoms with Crippen molar-refractivity contribution in [2.24, 2.45) is 7.05 Å². The van der Waals surface area contributed by atoms with Crippen LogP contribution in [0.15, 0.2) is 65.6 Å². The van der Waals surface area contributed by atoms with Gasteiger partial charge in [0.2, 0.25) is 11.8 Å². The summed E-state index contributed by atoms with van der Waals surface area (Å²) in [6.45, 7) is 3.18. The Balaban J connectivity index is 1.14. The van der Waals surface area contributed by atoms with Crippen LogP contribution >= 0.6 is 23.2 Å². The molecule has 0 radical (unpaired) electrons. The van der Waals surface area contributed by atoms with Crippen LogP contribution in [0, 0.1) is 0 Å². The number of hydrogen-bond donors (Lipinski definition) is 3. The first-order chi connectivity index (χ1) is 23.8. The predicted molar refractivity (Wildman–Crippen MR) is 190 cm³/mol. The predicted octanol–water partition coefficient (Wildman–Crippen LogP) is 4.99. The average Bonchev–Trinajstić information content (AvgIpc) is 3.71. The molecule has 2 atom stereocenters. The van der Waals surface area contributed by atoms with E-state index >= 15 is 0 Å². The lowest BCUT2D eigenvalue weighted by Crippen LogP contribution is -2.38. The fraction of sp³-hybridized carbons (Fsp3) is 0.333. The van der Waals surface area contributed by atoms with Crippen LogP contribution in [-0.4, -0.2) is 64.0 Å². The van der Waals surface area contributed by atoms with Gasteiger partial charge in [0.1, 0.15) is 11.3 Å². The molecule has 2 saturated heterocycles. The van der Waals surface area contributed by atoms with Crippen molar-refractivity contribution in [3.05, 3.63) is 92.6 Å². The molecule has 3 N–H and O–H groups in total. The molecule has 2 fully saturated rings. The third kappa shape index (κ3) is 6.82. The number of rotatable bonds is 12. The molecule has 2 aromatic carbocycles. The molecule has 0 aliphatic carbocycles. The molecular weight excluding hydrogens is 665 g/mol. The van der Waals surface area contributed by atoms with Gasteiger partial charge >= 0.3 is 0 Å². The van der Waals surface area contributed by atoms with E-state index in [-0.39, 0.29) is 23.6 Å². The lowest BCUT2D eigenvalue weighted by molar-refractivity contribution is -0.119. The zero-order valence-corrected chi connectivity index (χ0v) is 28.8. The van der Waals surface area contributed by atoms with Gasteiger partial charge in [-0.1, -0.05) is 65.7 Å². The van der Waals surface area contributed by atoms with Crippen LogP contribution < -0.4 is 26.2 Å². The van der Waals surface area contributed by atoms with Crippen LogP contribution in [0.25, 0.3) is 39.0 Å². The highest BCUT2D eigenvalue weighted by Gasteiger charge is 2.22. The van der Waals surface area contributed by atoms with Gasteiger partial charge in [0.15, 0.2) is 0 Å². The maximum Gasteiger partial charge on any atom is 0.277 e. The van der Waals surface area contributed by atoms with Crippen molar-refractivity contribution in [3.8, 4) is 39.4 Å². The minimum Gasteiger partial charge on any atom is -0.481 e. The summed E-state index contributed by atoms with van der Waals surface area (Å²) in [5, 5.41) is 15.4. The van der Waals surface area contributed by atoms with E-state index in [4.69, 9.17) is 42.8 Å². The summed E-state index contributed by atoms with van der Waals surface area (Å²) in [7, 11) is 3.32. The van der Waals surface area contributed by atoms with Crippen LogP contribution in [0.4, 0.5) is 0 Å². The van der Waals surface area contributed by atoms with Gasteiger partial charge < -0.3 is 25.4 Å². The van der Waals surface area contributed by atoms with Gasteiger partial charge in [-0.05, 0) is 25.0 Å². The Morgan fingerprint density at radius 3 is 2.37 bits per heavy atom. The number of aromatic nitrogens is 4. The summed E-state index contributed by atoms with van der Waals surface area (Å²) in [5.41, 5.74) is 5.62. The molecule has 0 bridgehead atoms. The van der Waals surface area contributed by atoms with E-state index in [0.717, 1.165) is 52.8 Å².